The maximum Gasteiger partial charge on any atom is 0.341 e. The van der Waals surface area contributed by atoms with Crippen LogP contribution in [0.4, 0.5) is 0 Å². The van der Waals surface area contributed by atoms with Gasteiger partial charge in [-0.05, 0) is 51.7 Å². The van der Waals surface area contributed by atoms with E-state index in [1.165, 1.54) is 24.8 Å². The maximum absolute atomic E-state index is 11.6. The number of esters is 1. The summed E-state index contributed by atoms with van der Waals surface area (Å²) in [6.07, 6.45) is 8.65. The van der Waals surface area contributed by atoms with E-state index in [9.17, 15) is 9.59 Å². The zero-order chi connectivity index (χ0) is 18.1. The summed E-state index contributed by atoms with van der Waals surface area (Å²) in [5.41, 5.74) is 1.23. The Morgan fingerprint density at radius 1 is 1.08 bits per heavy atom. The molecule has 0 amide bonds. The Morgan fingerprint density at radius 3 is 2.40 bits per heavy atom. The molecule has 4 nitrogen and oxygen atoms in total. The standard InChI is InChI=1S/C12H18O3.C9H7N/c1-3-11(9(2)13)12(14)15-10-7-5-4-6-8-10;1-2-6-9-8(4-1)5-3-7-10-9/h3,10H,4-8H2,1-2H3;1-7H/b11-3-;. The van der Waals surface area contributed by atoms with E-state index in [0.29, 0.717) is 0 Å². The molecule has 1 aliphatic rings. The van der Waals surface area contributed by atoms with E-state index in [1.807, 2.05) is 30.5 Å². The van der Waals surface area contributed by atoms with Crippen molar-refractivity contribution < 1.29 is 14.3 Å². The van der Waals surface area contributed by atoms with E-state index in [2.05, 4.69) is 17.1 Å². The van der Waals surface area contributed by atoms with Crippen molar-refractivity contribution >= 4 is 22.7 Å². The van der Waals surface area contributed by atoms with Crippen molar-refractivity contribution in [3.63, 3.8) is 0 Å². The molecule has 1 heterocycles. The predicted molar refractivity (Wildman–Crippen MR) is 99.1 cm³/mol. The lowest BCUT2D eigenvalue weighted by molar-refractivity contribution is -0.146. The molecule has 4 heteroatoms. The van der Waals surface area contributed by atoms with Gasteiger partial charge in [-0.15, -0.1) is 0 Å². The van der Waals surface area contributed by atoms with E-state index in [0.717, 1.165) is 31.2 Å². The van der Waals surface area contributed by atoms with Gasteiger partial charge in [-0.3, -0.25) is 9.78 Å². The highest BCUT2D eigenvalue weighted by molar-refractivity contribution is 6.16. The highest BCUT2D eigenvalue weighted by atomic mass is 16.5. The fourth-order valence-electron chi connectivity index (χ4n) is 2.88. The Labute approximate surface area is 148 Å². The summed E-state index contributed by atoms with van der Waals surface area (Å²) in [4.78, 5) is 26.8. The molecule has 0 atom stereocenters. The predicted octanol–water partition coefficient (Wildman–Crippen LogP) is 4.63. The van der Waals surface area contributed by atoms with Crippen molar-refractivity contribution in [2.45, 2.75) is 52.1 Å². The molecular formula is C21H25NO3. The van der Waals surface area contributed by atoms with Crippen LogP contribution in [0.15, 0.2) is 54.2 Å². The number of nitrogens with zero attached hydrogens (tertiary/aromatic N) is 1. The number of ether oxygens (including phenoxy) is 1. The molecule has 1 aromatic heterocycles. The third-order valence-corrected chi connectivity index (χ3v) is 4.23. The number of hydrogen-bond acceptors (Lipinski definition) is 4. The zero-order valence-electron chi connectivity index (χ0n) is 14.9. The van der Waals surface area contributed by atoms with Gasteiger partial charge in [-0.25, -0.2) is 4.79 Å². The van der Waals surface area contributed by atoms with Crippen LogP contribution >= 0.6 is 0 Å². The zero-order valence-corrected chi connectivity index (χ0v) is 14.9. The van der Waals surface area contributed by atoms with E-state index in [-0.39, 0.29) is 17.5 Å². The van der Waals surface area contributed by atoms with Gasteiger partial charge in [0.25, 0.3) is 0 Å². The molecule has 3 rings (SSSR count). The van der Waals surface area contributed by atoms with Gasteiger partial charge in [0, 0.05) is 11.6 Å². The summed E-state index contributed by atoms with van der Waals surface area (Å²) in [5, 5.41) is 1.20. The first-order valence-corrected chi connectivity index (χ1v) is 8.80. The number of Topliss-reactive ketones (excluding diaryl/α,β-unsaturated/α-hetero) is 1. The number of para-hydroxylation sites is 1. The lowest BCUT2D eigenvalue weighted by Gasteiger charge is -2.21. The number of ketones is 1. The van der Waals surface area contributed by atoms with Crippen LogP contribution in [0.3, 0.4) is 0 Å². The first-order chi connectivity index (χ1) is 12.1. The smallest absolute Gasteiger partial charge is 0.341 e. The molecule has 1 saturated carbocycles. The molecule has 0 unspecified atom stereocenters. The number of pyridine rings is 1. The van der Waals surface area contributed by atoms with Crippen molar-refractivity contribution in [3.05, 3.63) is 54.2 Å². The number of hydrogen-bond donors (Lipinski definition) is 0. The van der Waals surface area contributed by atoms with Crippen LogP contribution in [0.25, 0.3) is 10.9 Å². The van der Waals surface area contributed by atoms with Gasteiger partial charge in [0.15, 0.2) is 5.78 Å². The molecule has 1 aliphatic carbocycles. The monoisotopic (exact) mass is 339 g/mol. The normalized spacial score (nSPS) is 15.2. The molecule has 0 N–H and O–H groups in total. The average molecular weight is 339 g/mol. The Balaban J connectivity index is 0.000000194. The lowest BCUT2D eigenvalue weighted by atomic mass is 9.98. The third kappa shape index (κ3) is 5.82. The van der Waals surface area contributed by atoms with Crippen LogP contribution in [-0.4, -0.2) is 22.8 Å². The molecule has 0 spiro atoms. The van der Waals surface area contributed by atoms with Crippen LogP contribution in [0.5, 0.6) is 0 Å². The van der Waals surface area contributed by atoms with E-state index >= 15 is 0 Å². The van der Waals surface area contributed by atoms with E-state index in [4.69, 9.17) is 4.74 Å². The minimum absolute atomic E-state index is 0.0144. The van der Waals surface area contributed by atoms with Crippen LogP contribution in [-0.2, 0) is 14.3 Å². The number of rotatable bonds is 3. The summed E-state index contributed by atoms with van der Waals surface area (Å²) in [5.74, 6) is -0.685. The second kappa shape index (κ2) is 9.72. The number of carbonyl (C=O) groups excluding carboxylic acids is 2. The molecule has 132 valence electrons. The quantitative estimate of drug-likeness (QED) is 0.354. The number of carbonyl (C=O) groups is 2. The Kier molecular flexibility index (Phi) is 7.33. The van der Waals surface area contributed by atoms with Gasteiger partial charge < -0.3 is 4.74 Å². The van der Waals surface area contributed by atoms with Crippen molar-refractivity contribution in [1.29, 1.82) is 0 Å². The number of benzene rings is 1. The molecule has 0 bridgehead atoms. The largest absolute Gasteiger partial charge is 0.459 e. The Hall–Kier alpha value is -2.49. The first-order valence-electron chi connectivity index (χ1n) is 8.80. The molecule has 2 aromatic rings. The average Bonchev–Trinajstić information content (AvgIpc) is 2.63. The maximum atomic E-state index is 11.6. The highest BCUT2D eigenvalue weighted by Crippen LogP contribution is 2.21. The summed E-state index contributed by atoms with van der Waals surface area (Å²) in [7, 11) is 0. The summed E-state index contributed by atoms with van der Waals surface area (Å²) < 4.78 is 5.28. The Morgan fingerprint density at radius 2 is 1.76 bits per heavy atom. The number of fused-ring (bicyclic) bond motifs is 1. The van der Waals surface area contributed by atoms with Crippen molar-refractivity contribution in [2.75, 3.05) is 0 Å². The van der Waals surface area contributed by atoms with Gasteiger partial charge in [0.05, 0.1) is 11.1 Å². The van der Waals surface area contributed by atoms with Crippen LogP contribution < -0.4 is 0 Å². The fraction of sp³-hybridized carbons (Fsp3) is 0.381. The van der Waals surface area contributed by atoms with Crippen LogP contribution in [0, 0.1) is 0 Å². The first kappa shape index (κ1) is 18.8. The van der Waals surface area contributed by atoms with E-state index in [1.54, 1.807) is 6.92 Å². The van der Waals surface area contributed by atoms with Gasteiger partial charge in [-0.1, -0.05) is 36.8 Å². The number of allylic oxidation sites excluding steroid dienone is 1. The van der Waals surface area contributed by atoms with Crippen LogP contribution in [0.1, 0.15) is 46.0 Å². The molecular weight excluding hydrogens is 314 g/mol. The van der Waals surface area contributed by atoms with Gasteiger partial charge in [0.2, 0.25) is 0 Å². The summed E-state index contributed by atoms with van der Waals surface area (Å²) in [6.45, 7) is 3.07. The summed E-state index contributed by atoms with van der Waals surface area (Å²) >= 11 is 0. The van der Waals surface area contributed by atoms with Gasteiger partial charge in [-0.2, -0.15) is 0 Å². The third-order valence-electron chi connectivity index (χ3n) is 4.23. The van der Waals surface area contributed by atoms with E-state index < -0.39 is 5.97 Å². The molecule has 1 aromatic carbocycles. The van der Waals surface area contributed by atoms with Crippen molar-refractivity contribution in [2.24, 2.45) is 0 Å². The van der Waals surface area contributed by atoms with Crippen molar-refractivity contribution in [3.8, 4) is 0 Å². The van der Waals surface area contributed by atoms with Gasteiger partial charge in [0.1, 0.15) is 6.10 Å². The topological polar surface area (TPSA) is 56.3 Å². The second-order valence-electron chi connectivity index (χ2n) is 6.12. The van der Waals surface area contributed by atoms with Crippen molar-refractivity contribution in [1.82, 2.24) is 4.98 Å². The lowest BCUT2D eigenvalue weighted by Crippen LogP contribution is -2.23. The highest BCUT2D eigenvalue weighted by Gasteiger charge is 2.21. The molecule has 0 saturated heterocycles. The minimum atomic E-state index is -0.461. The van der Waals surface area contributed by atoms with Gasteiger partial charge >= 0.3 is 5.97 Å². The fourth-order valence-corrected chi connectivity index (χ4v) is 2.88. The molecule has 1 fully saturated rings. The minimum Gasteiger partial charge on any atom is -0.459 e. The number of aromatic nitrogens is 1. The molecule has 0 radical (unpaired) electrons. The van der Waals surface area contributed by atoms with Crippen LogP contribution in [0.2, 0.25) is 0 Å². The second-order valence-corrected chi connectivity index (χ2v) is 6.12. The Bertz CT molecular complexity index is 680. The molecule has 25 heavy (non-hydrogen) atoms. The molecule has 0 aliphatic heterocycles. The SMILES string of the molecule is C/C=C(/C(C)=O)C(=O)OC1CCCCC1.c1ccc2ncccc2c1. The summed E-state index contributed by atoms with van der Waals surface area (Å²) in [6, 6.07) is 12.1.